The topological polar surface area (TPSA) is 98.3 Å². The number of non-ortho nitro benzene ring substituents is 1. The number of nitrogens with one attached hydrogen (secondary N) is 1. The van der Waals surface area contributed by atoms with E-state index in [9.17, 15) is 19.3 Å². The number of anilines is 2. The average Bonchev–Trinajstić information content (AvgIpc) is 2.43. The molecule has 2 rings (SSSR count). The molecule has 0 saturated carbocycles. The highest BCUT2D eigenvalue weighted by Gasteiger charge is 2.16. The van der Waals surface area contributed by atoms with Crippen molar-refractivity contribution in [2.45, 2.75) is 0 Å². The Morgan fingerprint density at radius 1 is 1.29 bits per heavy atom. The first-order chi connectivity index (χ1) is 9.88. The fourth-order valence-electron chi connectivity index (χ4n) is 1.63. The maximum absolute atomic E-state index is 13.1. The zero-order chi connectivity index (χ0) is 15.6. The lowest BCUT2D eigenvalue weighted by molar-refractivity contribution is -0.384. The van der Waals surface area contributed by atoms with Crippen LogP contribution in [-0.4, -0.2) is 10.8 Å². The van der Waals surface area contributed by atoms with E-state index in [1.165, 1.54) is 18.2 Å². The fraction of sp³-hybridized carbons (Fsp3) is 0. The summed E-state index contributed by atoms with van der Waals surface area (Å²) in [4.78, 5) is 22.3. The number of halogens is 2. The van der Waals surface area contributed by atoms with E-state index in [2.05, 4.69) is 21.2 Å². The second kappa shape index (κ2) is 5.88. The van der Waals surface area contributed by atoms with Gasteiger partial charge in [0, 0.05) is 16.6 Å². The molecular weight excluding hydrogens is 345 g/mol. The first-order valence-electron chi connectivity index (χ1n) is 5.69. The van der Waals surface area contributed by atoms with Gasteiger partial charge in [0.15, 0.2) is 0 Å². The number of benzene rings is 2. The molecule has 2 aromatic rings. The maximum Gasteiger partial charge on any atom is 0.270 e. The average molecular weight is 354 g/mol. The molecule has 0 aliphatic heterocycles. The number of rotatable bonds is 3. The van der Waals surface area contributed by atoms with Crippen LogP contribution in [0.3, 0.4) is 0 Å². The summed E-state index contributed by atoms with van der Waals surface area (Å²) < 4.78 is 13.5. The smallest absolute Gasteiger partial charge is 0.270 e. The molecule has 0 aliphatic carbocycles. The Morgan fingerprint density at radius 2 is 2.00 bits per heavy atom. The molecule has 3 N–H and O–H groups in total. The quantitative estimate of drug-likeness (QED) is 0.502. The Bertz CT molecular complexity index is 737. The third kappa shape index (κ3) is 3.34. The molecule has 2 aromatic carbocycles. The number of carbonyl (C=O) groups is 1. The first-order valence-corrected chi connectivity index (χ1v) is 6.48. The highest BCUT2D eigenvalue weighted by Crippen LogP contribution is 2.25. The predicted octanol–water partition coefficient (Wildman–Crippen LogP) is 3.33. The van der Waals surface area contributed by atoms with Gasteiger partial charge in [-0.2, -0.15) is 0 Å². The lowest BCUT2D eigenvalue weighted by Gasteiger charge is -2.09. The van der Waals surface area contributed by atoms with E-state index >= 15 is 0 Å². The van der Waals surface area contributed by atoms with E-state index < -0.39 is 16.6 Å². The Morgan fingerprint density at radius 3 is 2.67 bits per heavy atom. The van der Waals surface area contributed by atoms with Gasteiger partial charge in [-0.1, -0.05) is 0 Å². The highest BCUT2D eigenvalue weighted by atomic mass is 79.9. The molecule has 0 bridgehead atoms. The van der Waals surface area contributed by atoms with Gasteiger partial charge in [-0.25, -0.2) is 4.39 Å². The summed E-state index contributed by atoms with van der Waals surface area (Å²) in [6.07, 6.45) is 0. The minimum atomic E-state index is -0.636. The van der Waals surface area contributed by atoms with Gasteiger partial charge >= 0.3 is 0 Å². The number of nitro benzene ring substituents is 1. The lowest BCUT2D eigenvalue weighted by Crippen LogP contribution is -2.14. The molecule has 0 aliphatic rings. The van der Waals surface area contributed by atoms with Crippen LogP contribution in [0, 0.1) is 15.9 Å². The number of nitrogens with zero attached hydrogens (tertiary/aromatic N) is 1. The van der Waals surface area contributed by atoms with Gasteiger partial charge in [-0.05, 0) is 40.2 Å². The molecule has 8 heteroatoms. The van der Waals surface area contributed by atoms with Crippen molar-refractivity contribution in [3.05, 3.63) is 62.4 Å². The summed E-state index contributed by atoms with van der Waals surface area (Å²) in [5, 5.41) is 13.2. The normalized spacial score (nSPS) is 10.2. The highest BCUT2D eigenvalue weighted by molar-refractivity contribution is 9.10. The van der Waals surface area contributed by atoms with Gasteiger partial charge in [0.05, 0.1) is 21.9 Å². The molecule has 0 spiro atoms. The minimum Gasteiger partial charge on any atom is -0.397 e. The molecule has 21 heavy (non-hydrogen) atoms. The van der Waals surface area contributed by atoms with Crippen LogP contribution in [-0.2, 0) is 0 Å². The van der Waals surface area contributed by atoms with Crippen LogP contribution in [0.25, 0.3) is 0 Å². The van der Waals surface area contributed by atoms with Gasteiger partial charge in [0.2, 0.25) is 0 Å². The maximum atomic E-state index is 13.1. The van der Waals surface area contributed by atoms with Crippen LogP contribution in [0.2, 0.25) is 0 Å². The zero-order valence-corrected chi connectivity index (χ0v) is 12.1. The summed E-state index contributed by atoms with van der Waals surface area (Å²) in [6.45, 7) is 0. The third-order valence-electron chi connectivity index (χ3n) is 2.67. The van der Waals surface area contributed by atoms with E-state index in [0.717, 1.165) is 18.2 Å². The van der Waals surface area contributed by atoms with Crippen molar-refractivity contribution >= 4 is 38.9 Å². The van der Waals surface area contributed by atoms with Gasteiger partial charge in [0.1, 0.15) is 5.82 Å². The van der Waals surface area contributed by atoms with Crippen LogP contribution in [0.1, 0.15) is 10.4 Å². The molecule has 0 fully saturated rings. The van der Waals surface area contributed by atoms with Crippen molar-refractivity contribution in [1.29, 1.82) is 0 Å². The Hall–Kier alpha value is -2.48. The number of nitrogens with two attached hydrogens (primary N) is 1. The first kappa shape index (κ1) is 14.9. The van der Waals surface area contributed by atoms with Crippen LogP contribution < -0.4 is 11.1 Å². The number of hydrogen-bond acceptors (Lipinski definition) is 4. The van der Waals surface area contributed by atoms with Crippen molar-refractivity contribution < 1.29 is 14.1 Å². The second-order valence-corrected chi connectivity index (χ2v) is 4.96. The van der Waals surface area contributed by atoms with Crippen LogP contribution >= 0.6 is 15.9 Å². The molecule has 1 amide bonds. The van der Waals surface area contributed by atoms with Crippen molar-refractivity contribution in [2.24, 2.45) is 0 Å². The third-order valence-corrected chi connectivity index (χ3v) is 3.36. The molecule has 0 aromatic heterocycles. The van der Waals surface area contributed by atoms with E-state index in [0.29, 0.717) is 4.47 Å². The summed E-state index contributed by atoms with van der Waals surface area (Å²) in [7, 11) is 0. The van der Waals surface area contributed by atoms with Crippen molar-refractivity contribution in [3.8, 4) is 0 Å². The van der Waals surface area contributed by atoms with Gasteiger partial charge in [-0.15, -0.1) is 0 Å². The Kier molecular flexibility index (Phi) is 4.18. The van der Waals surface area contributed by atoms with Crippen molar-refractivity contribution in [1.82, 2.24) is 0 Å². The number of nitro groups is 1. The van der Waals surface area contributed by atoms with Crippen LogP contribution in [0.4, 0.5) is 21.5 Å². The Labute approximate surface area is 127 Å². The van der Waals surface area contributed by atoms with E-state index in [4.69, 9.17) is 5.73 Å². The van der Waals surface area contributed by atoms with E-state index in [1.54, 1.807) is 0 Å². The zero-order valence-electron chi connectivity index (χ0n) is 10.5. The second-order valence-electron chi connectivity index (χ2n) is 4.11. The molecule has 0 atom stereocenters. The minimum absolute atomic E-state index is 0.0489. The Balaban J connectivity index is 2.34. The van der Waals surface area contributed by atoms with Gasteiger partial charge in [0.25, 0.3) is 11.6 Å². The van der Waals surface area contributed by atoms with E-state index in [1.807, 2.05) is 0 Å². The molecule has 0 radical (unpaired) electrons. The van der Waals surface area contributed by atoms with Gasteiger partial charge in [-0.3, -0.25) is 14.9 Å². The van der Waals surface area contributed by atoms with Crippen molar-refractivity contribution in [3.63, 3.8) is 0 Å². The summed E-state index contributed by atoms with van der Waals surface area (Å²) in [5.41, 5.74) is 5.74. The molecule has 108 valence electrons. The predicted molar refractivity (Wildman–Crippen MR) is 79.6 cm³/mol. The lowest BCUT2D eigenvalue weighted by atomic mass is 10.1. The number of carbonyl (C=O) groups excluding carboxylic acids is 1. The molecule has 0 saturated heterocycles. The molecular formula is C13H9BrFN3O3. The summed E-state index contributed by atoms with van der Waals surface area (Å²) in [5.74, 6) is -1.19. The van der Waals surface area contributed by atoms with Gasteiger partial charge < -0.3 is 11.1 Å². The number of nitrogen functional groups attached to an aromatic ring is 1. The number of amides is 1. The monoisotopic (exact) mass is 353 g/mol. The molecule has 0 unspecified atom stereocenters. The summed E-state index contributed by atoms with van der Waals surface area (Å²) >= 11 is 3.14. The van der Waals surface area contributed by atoms with Crippen molar-refractivity contribution in [2.75, 3.05) is 11.1 Å². The molecule has 0 heterocycles. The fourth-order valence-corrected chi connectivity index (χ4v) is 2.05. The van der Waals surface area contributed by atoms with Crippen LogP contribution in [0.5, 0.6) is 0 Å². The standard InChI is InChI=1S/C13H9BrFN3O3/c14-10-3-2-8(18(20)21)6-9(10)13(19)17-12-5-7(15)1-4-11(12)16/h1-6H,16H2,(H,17,19). The van der Waals surface area contributed by atoms with Crippen LogP contribution in [0.15, 0.2) is 40.9 Å². The SMILES string of the molecule is Nc1ccc(F)cc1NC(=O)c1cc([N+](=O)[O-])ccc1Br. The number of hydrogen-bond donors (Lipinski definition) is 2. The largest absolute Gasteiger partial charge is 0.397 e. The summed E-state index contributed by atoms with van der Waals surface area (Å²) in [6, 6.07) is 7.31. The molecule has 6 nitrogen and oxygen atoms in total. The van der Waals surface area contributed by atoms with E-state index in [-0.39, 0.29) is 22.6 Å².